The lowest BCUT2D eigenvalue weighted by molar-refractivity contribution is -0.120. The molecule has 0 unspecified atom stereocenters. The van der Waals surface area contributed by atoms with Crippen LogP contribution in [0.15, 0.2) is 53.7 Å². The van der Waals surface area contributed by atoms with E-state index in [0.29, 0.717) is 0 Å². The molecule has 1 amide bonds. The summed E-state index contributed by atoms with van der Waals surface area (Å²) in [6.07, 6.45) is 2.45. The van der Waals surface area contributed by atoms with E-state index in [1.165, 1.54) is 12.3 Å². The van der Waals surface area contributed by atoms with E-state index in [9.17, 15) is 13.2 Å². The fourth-order valence-electron chi connectivity index (χ4n) is 1.71. The zero-order valence-electron chi connectivity index (χ0n) is 11.2. The van der Waals surface area contributed by atoms with Crippen LogP contribution < -0.4 is 4.72 Å². The first-order chi connectivity index (χ1) is 9.90. The fraction of sp³-hybridized carbons (Fsp3) is 0.143. The molecule has 2 rings (SSSR count). The van der Waals surface area contributed by atoms with Gasteiger partial charge in [-0.15, -0.1) is 0 Å². The average molecular weight is 325 g/mol. The highest BCUT2D eigenvalue weighted by Gasteiger charge is 2.23. The number of nitrogens with one attached hydrogen (secondary N) is 1. The SMILES string of the molecule is C[C@H](C(=O)NS(=O)(=O)c1cncc(Cl)c1)c1ccccc1. The molecule has 1 aromatic carbocycles. The highest BCUT2D eigenvalue weighted by molar-refractivity contribution is 7.90. The van der Waals surface area contributed by atoms with Gasteiger partial charge in [-0.1, -0.05) is 41.9 Å². The second-order valence-corrected chi connectivity index (χ2v) is 6.56. The fourth-order valence-corrected chi connectivity index (χ4v) is 2.99. The lowest BCUT2D eigenvalue weighted by Crippen LogP contribution is -2.33. The van der Waals surface area contributed by atoms with E-state index in [0.717, 1.165) is 11.8 Å². The van der Waals surface area contributed by atoms with Crippen LogP contribution in [0.3, 0.4) is 0 Å². The van der Waals surface area contributed by atoms with Crippen LogP contribution in [0.4, 0.5) is 0 Å². The molecule has 0 radical (unpaired) electrons. The van der Waals surface area contributed by atoms with Gasteiger partial charge in [-0.05, 0) is 18.6 Å². The second-order valence-electron chi connectivity index (χ2n) is 4.44. The van der Waals surface area contributed by atoms with Crippen LogP contribution in [0.2, 0.25) is 5.02 Å². The number of sulfonamides is 1. The first-order valence-corrected chi connectivity index (χ1v) is 7.98. The van der Waals surface area contributed by atoms with Gasteiger partial charge in [0.05, 0.1) is 10.9 Å². The molecule has 0 aliphatic carbocycles. The van der Waals surface area contributed by atoms with E-state index in [4.69, 9.17) is 11.6 Å². The van der Waals surface area contributed by atoms with Crippen molar-refractivity contribution in [1.82, 2.24) is 9.71 Å². The number of pyridine rings is 1. The zero-order valence-corrected chi connectivity index (χ0v) is 12.7. The third-order valence-corrected chi connectivity index (χ3v) is 4.44. The summed E-state index contributed by atoms with van der Waals surface area (Å²) >= 11 is 5.71. The Balaban J connectivity index is 2.19. The van der Waals surface area contributed by atoms with Crippen LogP contribution >= 0.6 is 11.6 Å². The van der Waals surface area contributed by atoms with Crippen LogP contribution in [0.1, 0.15) is 18.4 Å². The molecule has 0 fully saturated rings. The molecule has 0 bridgehead atoms. The molecule has 0 saturated carbocycles. The smallest absolute Gasteiger partial charge is 0.265 e. The lowest BCUT2D eigenvalue weighted by Gasteiger charge is -2.12. The van der Waals surface area contributed by atoms with Crippen molar-refractivity contribution in [3.8, 4) is 0 Å². The summed E-state index contributed by atoms with van der Waals surface area (Å²) < 4.78 is 26.2. The van der Waals surface area contributed by atoms with Crippen molar-refractivity contribution in [3.05, 3.63) is 59.4 Å². The van der Waals surface area contributed by atoms with E-state index in [2.05, 4.69) is 4.98 Å². The number of aromatic nitrogens is 1. The van der Waals surface area contributed by atoms with Gasteiger partial charge in [0, 0.05) is 12.4 Å². The van der Waals surface area contributed by atoms with E-state index >= 15 is 0 Å². The number of amides is 1. The van der Waals surface area contributed by atoms with Gasteiger partial charge in [-0.25, -0.2) is 13.1 Å². The third kappa shape index (κ3) is 3.80. The van der Waals surface area contributed by atoms with Crippen LogP contribution in [-0.2, 0) is 14.8 Å². The second kappa shape index (κ2) is 6.24. The predicted octanol–water partition coefficient (Wildman–Crippen LogP) is 2.34. The molecule has 2 aromatic rings. The number of nitrogens with zero attached hydrogens (tertiary/aromatic N) is 1. The maximum absolute atomic E-state index is 12.1. The summed E-state index contributed by atoms with van der Waals surface area (Å²) in [5.41, 5.74) is 0.731. The number of carbonyl (C=O) groups excluding carboxylic acids is 1. The molecular weight excluding hydrogens is 312 g/mol. The van der Waals surface area contributed by atoms with Gasteiger partial charge in [0.2, 0.25) is 5.91 Å². The Hall–Kier alpha value is -1.92. The highest BCUT2D eigenvalue weighted by atomic mass is 35.5. The zero-order chi connectivity index (χ0) is 15.5. The third-order valence-electron chi connectivity index (χ3n) is 2.92. The van der Waals surface area contributed by atoms with E-state index in [1.54, 1.807) is 31.2 Å². The maximum Gasteiger partial charge on any atom is 0.265 e. The summed E-state index contributed by atoms with van der Waals surface area (Å²) in [4.78, 5) is 15.6. The summed E-state index contributed by atoms with van der Waals surface area (Å²) in [5.74, 6) is -1.20. The number of hydrogen-bond acceptors (Lipinski definition) is 4. The molecule has 0 saturated heterocycles. The van der Waals surface area contributed by atoms with Crippen molar-refractivity contribution in [3.63, 3.8) is 0 Å². The molecule has 1 N–H and O–H groups in total. The molecule has 1 heterocycles. The normalized spacial score (nSPS) is 12.7. The molecule has 0 aliphatic rings. The Morgan fingerprint density at radius 3 is 2.52 bits per heavy atom. The molecule has 7 heteroatoms. The Morgan fingerprint density at radius 1 is 1.24 bits per heavy atom. The molecule has 1 atom stereocenters. The molecule has 5 nitrogen and oxygen atoms in total. The van der Waals surface area contributed by atoms with Gasteiger partial charge in [-0.2, -0.15) is 0 Å². The number of rotatable bonds is 4. The standard InChI is InChI=1S/C14H13ClN2O3S/c1-10(11-5-3-2-4-6-11)14(18)17-21(19,20)13-7-12(15)8-16-9-13/h2-10H,1H3,(H,17,18)/t10-/m0/s1. The summed E-state index contributed by atoms with van der Waals surface area (Å²) in [6.45, 7) is 1.64. The molecule has 21 heavy (non-hydrogen) atoms. The van der Waals surface area contributed by atoms with Crippen LogP contribution in [0.5, 0.6) is 0 Å². The topological polar surface area (TPSA) is 76.1 Å². The minimum absolute atomic E-state index is 0.149. The Bertz CT molecular complexity index is 748. The number of halogens is 1. The molecular formula is C14H13ClN2O3S. The van der Waals surface area contributed by atoms with Gasteiger partial charge in [0.15, 0.2) is 0 Å². The average Bonchev–Trinajstić information content (AvgIpc) is 2.47. The van der Waals surface area contributed by atoms with Crippen molar-refractivity contribution in [2.24, 2.45) is 0 Å². The first-order valence-electron chi connectivity index (χ1n) is 6.12. The monoisotopic (exact) mass is 324 g/mol. The number of carbonyl (C=O) groups is 1. The van der Waals surface area contributed by atoms with Gasteiger partial charge in [0.25, 0.3) is 10.0 Å². The minimum Gasteiger partial charge on any atom is -0.273 e. The van der Waals surface area contributed by atoms with Crippen LogP contribution in [0, 0.1) is 0 Å². The summed E-state index contributed by atoms with van der Waals surface area (Å²) in [6, 6.07) is 10.2. The van der Waals surface area contributed by atoms with E-state index < -0.39 is 21.8 Å². The van der Waals surface area contributed by atoms with Crippen molar-refractivity contribution in [2.45, 2.75) is 17.7 Å². The predicted molar refractivity (Wildman–Crippen MR) is 79.4 cm³/mol. The maximum atomic E-state index is 12.1. The number of benzene rings is 1. The van der Waals surface area contributed by atoms with Gasteiger partial charge in [-0.3, -0.25) is 9.78 Å². The largest absolute Gasteiger partial charge is 0.273 e. The summed E-state index contributed by atoms with van der Waals surface area (Å²) in [5, 5.41) is 0.182. The Morgan fingerprint density at radius 2 is 1.90 bits per heavy atom. The van der Waals surface area contributed by atoms with E-state index in [-0.39, 0.29) is 9.92 Å². The van der Waals surface area contributed by atoms with Crippen LogP contribution in [0.25, 0.3) is 0 Å². The van der Waals surface area contributed by atoms with Crippen LogP contribution in [-0.4, -0.2) is 19.3 Å². The van der Waals surface area contributed by atoms with Gasteiger partial charge >= 0.3 is 0 Å². The molecule has 1 aromatic heterocycles. The minimum atomic E-state index is -3.98. The number of hydrogen-bond donors (Lipinski definition) is 1. The molecule has 0 aliphatic heterocycles. The Labute approximate surface area is 128 Å². The van der Waals surface area contributed by atoms with Gasteiger partial charge < -0.3 is 0 Å². The first kappa shape index (κ1) is 15.5. The van der Waals surface area contributed by atoms with Gasteiger partial charge in [0.1, 0.15) is 4.90 Å². The van der Waals surface area contributed by atoms with E-state index in [1.807, 2.05) is 10.8 Å². The van der Waals surface area contributed by atoms with Crippen molar-refractivity contribution in [1.29, 1.82) is 0 Å². The molecule has 0 spiro atoms. The highest BCUT2D eigenvalue weighted by Crippen LogP contribution is 2.17. The molecule has 110 valence electrons. The summed E-state index contributed by atoms with van der Waals surface area (Å²) in [7, 11) is -3.98. The van der Waals surface area contributed by atoms with Crippen molar-refractivity contribution < 1.29 is 13.2 Å². The van der Waals surface area contributed by atoms with Crippen molar-refractivity contribution >= 4 is 27.5 Å². The lowest BCUT2D eigenvalue weighted by atomic mass is 10.0. The quantitative estimate of drug-likeness (QED) is 0.936. The Kier molecular flexibility index (Phi) is 4.59. The van der Waals surface area contributed by atoms with Crippen molar-refractivity contribution in [2.75, 3.05) is 0 Å².